The molecule has 0 spiro atoms. The molecule has 0 radical (unpaired) electrons. The maximum atomic E-state index is 13.0. The fourth-order valence-corrected chi connectivity index (χ4v) is 1.89. The van der Waals surface area contributed by atoms with E-state index in [9.17, 15) is 4.39 Å². The Morgan fingerprint density at radius 1 is 1.10 bits per heavy atom. The van der Waals surface area contributed by atoms with Gasteiger partial charge in [0.25, 0.3) is 0 Å². The number of benzene rings is 1. The van der Waals surface area contributed by atoms with Gasteiger partial charge in [-0.1, -0.05) is 39.3 Å². The molecular formula is C17H28FNO2. The van der Waals surface area contributed by atoms with Gasteiger partial charge in [-0.25, -0.2) is 4.39 Å². The summed E-state index contributed by atoms with van der Waals surface area (Å²) in [7, 11) is 0. The highest BCUT2D eigenvalue weighted by Gasteiger charge is 2.12. The molecule has 0 aliphatic rings. The van der Waals surface area contributed by atoms with Gasteiger partial charge in [-0.2, -0.15) is 0 Å². The summed E-state index contributed by atoms with van der Waals surface area (Å²) in [5, 5.41) is 3.36. The van der Waals surface area contributed by atoms with E-state index in [1.807, 2.05) is 0 Å². The molecule has 1 rings (SSSR count). The molecule has 0 bridgehead atoms. The molecule has 0 fully saturated rings. The quantitative estimate of drug-likeness (QED) is 0.632. The van der Waals surface area contributed by atoms with E-state index in [4.69, 9.17) is 9.47 Å². The van der Waals surface area contributed by atoms with Crippen LogP contribution < -0.4 is 5.32 Å². The van der Waals surface area contributed by atoms with E-state index < -0.39 is 0 Å². The Bertz CT molecular complexity index is 368. The first-order chi connectivity index (χ1) is 10.1. The largest absolute Gasteiger partial charge is 0.379 e. The van der Waals surface area contributed by atoms with Crippen molar-refractivity contribution in [2.45, 2.75) is 45.8 Å². The molecule has 0 saturated heterocycles. The maximum absolute atomic E-state index is 13.0. The Kier molecular flexibility index (Phi) is 9.22. The average Bonchev–Trinajstić information content (AvgIpc) is 2.46. The lowest BCUT2D eigenvalue weighted by molar-refractivity contribution is 0.00291. The number of ether oxygens (including phenoxy) is 2. The van der Waals surface area contributed by atoms with Crippen LogP contribution >= 0.6 is 0 Å². The third kappa shape index (κ3) is 8.15. The number of rotatable bonds is 11. The molecule has 1 N–H and O–H groups in total. The topological polar surface area (TPSA) is 30.5 Å². The first kappa shape index (κ1) is 18.1. The lowest BCUT2D eigenvalue weighted by atomic mass is 10.1. The number of nitrogens with one attached hydrogen (secondary N) is 1. The summed E-state index contributed by atoms with van der Waals surface area (Å²) < 4.78 is 24.4. The molecule has 21 heavy (non-hydrogen) atoms. The number of halogens is 1. The van der Waals surface area contributed by atoms with Crippen molar-refractivity contribution >= 4 is 0 Å². The first-order valence-corrected chi connectivity index (χ1v) is 7.81. The van der Waals surface area contributed by atoms with E-state index >= 15 is 0 Å². The Morgan fingerprint density at radius 2 is 1.81 bits per heavy atom. The van der Waals surface area contributed by atoms with Crippen molar-refractivity contribution in [1.82, 2.24) is 5.32 Å². The molecule has 0 saturated carbocycles. The second kappa shape index (κ2) is 10.7. The van der Waals surface area contributed by atoms with Crippen LogP contribution in [0.25, 0.3) is 0 Å². The summed E-state index contributed by atoms with van der Waals surface area (Å²) in [6.07, 6.45) is 2.14. The van der Waals surface area contributed by atoms with Gasteiger partial charge < -0.3 is 14.8 Å². The zero-order chi connectivity index (χ0) is 15.5. The van der Waals surface area contributed by atoms with Crippen LogP contribution in [0.1, 0.15) is 45.3 Å². The van der Waals surface area contributed by atoms with E-state index in [-0.39, 0.29) is 11.9 Å². The highest BCUT2D eigenvalue weighted by Crippen LogP contribution is 2.17. The van der Waals surface area contributed by atoms with Gasteiger partial charge in [0.15, 0.2) is 0 Å². The smallest absolute Gasteiger partial charge is 0.123 e. The SMILES string of the molecule is CCCCOCCOC(CNC(C)C)c1ccc(F)cc1. The minimum absolute atomic E-state index is 0.0808. The molecular weight excluding hydrogens is 269 g/mol. The predicted molar refractivity (Wildman–Crippen MR) is 84.0 cm³/mol. The first-order valence-electron chi connectivity index (χ1n) is 7.81. The normalized spacial score (nSPS) is 12.8. The highest BCUT2D eigenvalue weighted by molar-refractivity contribution is 5.19. The Morgan fingerprint density at radius 3 is 2.43 bits per heavy atom. The summed E-state index contributed by atoms with van der Waals surface area (Å²) >= 11 is 0. The van der Waals surface area contributed by atoms with Gasteiger partial charge in [0.2, 0.25) is 0 Å². The molecule has 4 heteroatoms. The molecule has 0 aromatic heterocycles. The van der Waals surface area contributed by atoms with Gasteiger partial charge >= 0.3 is 0 Å². The molecule has 120 valence electrons. The Labute approximate surface area is 127 Å². The Balaban J connectivity index is 2.42. The van der Waals surface area contributed by atoms with Crippen LogP contribution in [0.5, 0.6) is 0 Å². The summed E-state index contributed by atoms with van der Waals surface area (Å²) in [6.45, 7) is 8.96. The Hall–Kier alpha value is -0.970. The second-order valence-corrected chi connectivity index (χ2v) is 5.44. The van der Waals surface area contributed by atoms with Crippen LogP contribution in [0.15, 0.2) is 24.3 Å². The van der Waals surface area contributed by atoms with E-state index in [2.05, 4.69) is 26.1 Å². The van der Waals surface area contributed by atoms with Crippen LogP contribution in [0.3, 0.4) is 0 Å². The monoisotopic (exact) mass is 297 g/mol. The summed E-state index contributed by atoms with van der Waals surface area (Å²) in [5.41, 5.74) is 0.984. The predicted octanol–water partition coefficient (Wildman–Crippen LogP) is 3.70. The van der Waals surface area contributed by atoms with Crippen LogP contribution in [0.2, 0.25) is 0 Å². The molecule has 1 aromatic carbocycles. The van der Waals surface area contributed by atoms with Crippen LogP contribution in [0.4, 0.5) is 4.39 Å². The van der Waals surface area contributed by atoms with Crippen molar-refractivity contribution in [1.29, 1.82) is 0 Å². The standard InChI is InChI=1S/C17H28FNO2/c1-4-5-10-20-11-12-21-17(13-19-14(2)3)15-6-8-16(18)9-7-15/h6-9,14,17,19H,4-5,10-13H2,1-3H3. The van der Waals surface area contributed by atoms with Crippen LogP contribution in [-0.4, -0.2) is 32.4 Å². The number of unbranched alkanes of at least 4 members (excludes halogenated alkanes) is 1. The lowest BCUT2D eigenvalue weighted by Gasteiger charge is -2.20. The molecule has 0 amide bonds. The van der Waals surface area contributed by atoms with Gasteiger partial charge in [0.05, 0.1) is 19.3 Å². The zero-order valence-electron chi connectivity index (χ0n) is 13.4. The molecule has 1 atom stereocenters. The third-order valence-corrected chi connectivity index (χ3v) is 3.14. The van der Waals surface area contributed by atoms with Gasteiger partial charge in [-0.15, -0.1) is 0 Å². The third-order valence-electron chi connectivity index (χ3n) is 3.14. The molecule has 0 aliphatic heterocycles. The highest BCUT2D eigenvalue weighted by atomic mass is 19.1. The van der Waals surface area contributed by atoms with Crippen LogP contribution in [0, 0.1) is 5.82 Å². The maximum Gasteiger partial charge on any atom is 0.123 e. The van der Waals surface area contributed by atoms with E-state index in [0.717, 1.165) is 25.0 Å². The lowest BCUT2D eigenvalue weighted by Crippen LogP contribution is -2.29. The van der Waals surface area contributed by atoms with Crippen molar-refractivity contribution in [2.75, 3.05) is 26.4 Å². The molecule has 1 unspecified atom stereocenters. The number of hydrogen-bond donors (Lipinski definition) is 1. The second-order valence-electron chi connectivity index (χ2n) is 5.44. The van der Waals surface area contributed by atoms with E-state index in [1.54, 1.807) is 12.1 Å². The molecule has 3 nitrogen and oxygen atoms in total. The fourth-order valence-electron chi connectivity index (χ4n) is 1.89. The van der Waals surface area contributed by atoms with Gasteiger partial charge in [-0.05, 0) is 24.1 Å². The van der Waals surface area contributed by atoms with Crippen molar-refractivity contribution in [3.63, 3.8) is 0 Å². The van der Waals surface area contributed by atoms with Crippen molar-refractivity contribution in [3.05, 3.63) is 35.6 Å². The van der Waals surface area contributed by atoms with Gasteiger partial charge in [0.1, 0.15) is 5.82 Å². The van der Waals surface area contributed by atoms with E-state index in [0.29, 0.717) is 25.8 Å². The van der Waals surface area contributed by atoms with E-state index in [1.165, 1.54) is 12.1 Å². The zero-order valence-corrected chi connectivity index (χ0v) is 13.4. The van der Waals surface area contributed by atoms with Crippen molar-refractivity contribution < 1.29 is 13.9 Å². The van der Waals surface area contributed by atoms with Crippen LogP contribution in [-0.2, 0) is 9.47 Å². The number of hydrogen-bond acceptors (Lipinski definition) is 3. The summed E-state index contributed by atoms with van der Waals surface area (Å²) in [4.78, 5) is 0. The van der Waals surface area contributed by atoms with Crippen molar-refractivity contribution in [3.8, 4) is 0 Å². The average molecular weight is 297 g/mol. The minimum Gasteiger partial charge on any atom is -0.379 e. The molecule has 0 aliphatic carbocycles. The van der Waals surface area contributed by atoms with Gasteiger partial charge in [-0.3, -0.25) is 0 Å². The fraction of sp³-hybridized carbons (Fsp3) is 0.647. The van der Waals surface area contributed by atoms with Gasteiger partial charge in [0, 0.05) is 19.2 Å². The summed E-state index contributed by atoms with van der Waals surface area (Å²) in [6, 6.07) is 6.88. The molecule has 0 heterocycles. The van der Waals surface area contributed by atoms with Crippen molar-refractivity contribution in [2.24, 2.45) is 0 Å². The summed E-state index contributed by atoms with van der Waals surface area (Å²) in [5.74, 6) is -0.225. The minimum atomic E-state index is -0.225. The molecule has 1 aromatic rings.